The number of phenolic OH excluding ortho intramolecular Hbond substituents is 1. The van der Waals surface area contributed by atoms with E-state index in [1.54, 1.807) is 26.0 Å². The zero-order chi connectivity index (χ0) is 26.0. The van der Waals surface area contributed by atoms with Crippen molar-refractivity contribution in [2.45, 2.75) is 63.7 Å². The molecule has 1 saturated heterocycles. The number of benzene rings is 1. The highest BCUT2D eigenvalue weighted by molar-refractivity contribution is 7.98. The molecule has 0 radical (unpaired) electrons. The summed E-state index contributed by atoms with van der Waals surface area (Å²) in [5.41, 5.74) is 0.719. The van der Waals surface area contributed by atoms with Crippen LogP contribution in [0.25, 0.3) is 0 Å². The smallest absolute Gasteiger partial charge is 0.326 e. The molecule has 35 heavy (non-hydrogen) atoms. The van der Waals surface area contributed by atoms with Gasteiger partial charge < -0.3 is 31.5 Å². The van der Waals surface area contributed by atoms with Crippen LogP contribution in [-0.4, -0.2) is 76.6 Å². The van der Waals surface area contributed by atoms with Crippen LogP contribution >= 0.6 is 11.8 Å². The number of carbonyl (C=O) groups is 4. The van der Waals surface area contributed by atoms with Crippen molar-refractivity contribution in [2.24, 2.45) is 5.92 Å². The van der Waals surface area contributed by atoms with Gasteiger partial charge in [-0.25, -0.2) is 4.79 Å². The predicted octanol–water partition coefficient (Wildman–Crippen LogP) is 0.635. The summed E-state index contributed by atoms with van der Waals surface area (Å²) in [6.07, 6.45) is 3.80. The van der Waals surface area contributed by atoms with Gasteiger partial charge in [-0.1, -0.05) is 26.0 Å². The summed E-state index contributed by atoms with van der Waals surface area (Å²) in [4.78, 5) is 50.5. The Hall–Kier alpha value is -2.79. The van der Waals surface area contributed by atoms with Crippen LogP contribution in [0.3, 0.4) is 0 Å². The van der Waals surface area contributed by atoms with Crippen molar-refractivity contribution in [3.8, 4) is 5.75 Å². The molecule has 4 unspecified atom stereocenters. The van der Waals surface area contributed by atoms with E-state index in [9.17, 15) is 29.4 Å². The number of aromatic hydroxyl groups is 1. The van der Waals surface area contributed by atoms with Gasteiger partial charge in [-0.2, -0.15) is 11.8 Å². The molecule has 0 aliphatic carbocycles. The molecular weight excluding hydrogens is 472 g/mol. The Morgan fingerprint density at radius 1 is 1.06 bits per heavy atom. The predicted molar refractivity (Wildman–Crippen MR) is 134 cm³/mol. The SMILES string of the molecule is CSCCC(NC(=O)C(NC(=O)C(Cc1ccc(O)cc1)NC(=O)C1CCCN1)C(C)C)C(=O)O. The average molecular weight is 509 g/mol. The van der Waals surface area contributed by atoms with Crippen LogP contribution in [0, 0.1) is 5.92 Å². The van der Waals surface area contributed by atoms with E-state index < -0.39 is 35.9 Å². The Kier molecular flexibility index (Phi) is 11.3. The topological polar surface area (TPSA) is 157 Å². The largest absolute Gasteiger partial charge is 0.508 e. The summed E-state index contributed by atoms with van der Waals surface area (Å²) < 4.78 is 0. The van der Waals surface area contributed by atoms with E-state index in [4.69, 9.17) is 0 Å². The Bertz CT molecular complexity index is 873. The maximum atomic E-state index is 13.3. The van der Waals surface area contributed by atoms with Gasteiger partial charge in [-0.3, -0.25) is 14.4 Å². The highest BCUT2D eigenvalue weighted by atomic mass is 32.2. The second-order valence-electron chi connectivity index (χ2n) is 8.99. The first-order valence-electron chi connectivity index (χ1n) is 11.8. The van der Waals surface area contributed by atoms with E-state index in [0.717, 1.165) is 18.5 Å². The zero-order valence-electron chi connectivity index (χ0n) is 20.4. The van der Waals surface area contributed by atoms with E-state index in [1.165, 1.54) is 23.9 Å². The molecule has 1 heterocycles. The molecule has 0 bridgehead atoms. The molecule has 2 rings (SSSR count). The van der Waals surface area contributed by atoms with Crippen LogP contribution in [0.15, 0.2) is 24.3 Å². The number of carbonyl (C=O) groups excluding carboxylic acids is 3. The number of carboxylic acids is 1. The number of aliphatic carboxylic acids is 1. The molecule has 0 saturated carbocycles. The maximum Gasteiger partial charge on any atom is 0.326 e. The highest BCUT2D eigenvalue weighted by Crippen LogP contribution is 2.13. The minimum Gasteiger partial charge on any atom is -0.508 e. The van der Waals surface area contributed by atoms with Crippen LogP contribution in [0.5, 0.6) is 5.75 Å². The fourth-order valence-corrected chi connectivity index (χ4v) is 4.27. The van der Waals surface area contributed by atoms with Crippen LogP contribution in [-0.2, 0) is 25.6 Å². The van der Waals surface area contributed by atoms with Crippen LogP contribution in [0.2, 0.25) is 0 Å². The molecule has 10 nitrogen and oxygen atoms in total. The monoisotopic (exact) mass is 508 g/mol. The van der Waals surface area contributed by atoms with Gasteiger partial charge in [0.1, 0.15) is 23.9 Å². The number of phenols is 1. The van der Waals surface area contributed by atoms with E-state index in [-0.39, 0.29) is 36.5 Å². The van der Waals surface area contributed by atoms with Gasteiger partial charge in [0.05, 0.1) is 6.04 Å². The molecule has 1 aliphatic heterocycles. The van der Waals surface area contributed by atoms with Gasteiger partial charge in [0.25, 0.3) is 0 Å². The summed E-state index contributed by atoms with van der Waals surface area (Å²) >= 11 is 1.48. The summed E-state index contributed by atoms with van der Waals surface area (Å²) in [7, 11) is 0. The number of nitrogens with one attached hydrogen (secondary N) is 4. The molecule has 4 atom stereocenters. The van der Waals surface area contributed by atoms with Crippen molar-refractivity contribution >= 4 is 35.5 Å². The molecule has 0 spiro atoms. The second-order valence-corrected chi connectivity index (χ2v) is 9.98. The minimum absolute atomic E-state index is 0.0833. The third kappa shape index (κ3) is 9.06. The van der Waals surface area contributed by atoms with E-state index in [1.807, 2.05) is 6.26 Å². The number of carboxylic acid groups (broad SMARTS) is 1. The maximum absolute atomic E-state index is 13.3. The van der Waals surface area contributed by atoms with Gasteiger partial charge >= 0.3 is 5.97 Å². The second kappa shape index (κ2) is 13.9. The Morgan fingerprint density at radius 2 is 1.74 bits per heavy atom. The molecule has 11 heteroatoms. The van der Waals surface area contributed by atoms with Crippen LogP contribution < -0.4 is 21.3 Å². The first kappa shape index (κ1) is 28.4. The van der Waals surface area contributed by atoms with Crippen molar-refractivity contribution < 1.29 is 29.4 Å². The van der Waals surface area contributed by atoms with Crippen molar-refractivity contribution in [1.29, 1.82) is 0 Å². The fourth-order valence-electron chi connectivity index (χ4n) is 3.80. The molecule has 3 amide bonds. The number of amides is 3. The summed E-state index contributed by atoms with van der Waals surface area (Å²) in [6.45, 7) is 4.22. The van der Waals surface area contributed by atoms with Crippen molar-refractivity contribution in [2.75, 3.05) is 18.6 Å². The van der Waals surface area contributed by atoms with Gasteiger partial charge in [0.15, 0.2) is 0 Å². The standard InChI is InChI=1S/C24H36N4O6S/c1-14(2)20(23(32)26-18(24(33)34)10-12-35-3)28-22(31)19(13-15-6-8-16(29)9-7-15)27-21(30)17-5-4-11-25-17/h6-9,14,17-20,25,29H,4-5,10-13H2,1-3H3,(H,26,32)(H,27,30)(H,28,31)(H,33,34). The Morgan fingerprint density at radius 3 is 2.29 bits per heavy atom. The first-order valence-corrected chi connectivity index (χ1v) is 13.2. The number of rotatable bonds is 13. The molecule has 1 fully saturated rings. The number of hydrogen-bond acceptors (Lipinski definition) is 7. The third-order valence-corrected chi connectivity index (χ3v) is 6.50. The molecular formula is C24H36N4O6S. The average Bonchev–Trinajstić information content (AvgIpc) is 3.35. The quantitative estimate of drug-likeness (QED) is 0.227. The zero-order valence-corrected chi connectivity index (χ0v) is 21.2. The third-order valence-electron chi connectivity index (χ3n) is 5.86. The van der Waals surface area contributed by atoms with Crippen molar-refractivity contribution in [3.05, 3.63) is 29.8 Å². The lowest BCUT2D eigenvalue weighted by Crippen LogP contribution is -2.58. The van der Waals surface area contributed by atoms with Crippen LogP contribution in [0.4, 0.5) is 0 Å². The summed E-state index contributed by atoms with van der Waals surface area (Å²) in [5.74, 6) is -2.25. The van der Waals surface area contributed by atoms with Gasteiger partial charge in [0, 0.05) is 6.42 Å². The van der Waals surface area contributed by atoms with E-state index in [0.29, 0.717) is 12.2 Å². The lowest BCUT2D eigenvalue weighted by atomic mass is 10.00. The van der Waals surface area contributed by atoms with Crippen LogP contribution in [0.1, 0.15) is 38.7 Å². The molecule has 1 aromatic carbocycles. The summed E-state index contributed by atoms with van der Waals surface area (Å²) in [6, 6.07) is 2.91. The molecule has 1 aliphatic rings. The summed E-state index contributed by atoms with van der Waals surface area (Å²) in [5, 5.41) is 30.1. The van der Waals surface area contributed by atoms with E-state index >= 15 is 0 Å². The minimum atomic E-state index is -1.14. The molecule has 0 aromatic heterocycles. The highest BCUT2D eigenvalue weighted by Gasteiger charge is 2.32. The lowest BCUT2D eigenvalue weighted by Gasteiger charge is -2.27. The number of thioether (sulfide) groups is 1. The van der Waals surface area contributed by atoms with Gasteiger partial charge in [-0.15, -0.1) is 0 Å². The van der Waals surface area contributed by atoms with Crippen molar-refractivity contribution in [1.82, 2.24) is 21.3 Å². The normalized spacial score (nSPS) is 17.9. The van der Waals surface area contributed by atoms with Crippen molar-refractivity contribution in [3.63, 3.8) is 0 Å². The Labute approximate surface area is 210 Å². The van der Waals surface area contributed by atoms with E-state index in [2.05, 4.69) is 21.3 Å². The lowest BCUT2D eigenvalue weighted by molar-refractivity contribution is -0.142. The Balaban J connectivity index is 2.16. The first-order chi connectivity index (χ1) is 16.6. The molecule has 6 N–H and O–H groups in total. The number of hydrogen-bond donors (Lipinski definition) is 6. The van der Waals surface area contributed by atoms with Gasteiger partial charge in [0.2, 0.25) is 17.7 Å². The van der Waals surface area contributed by atoms with Gasteiger partial charge in [-0.05, 0) is 61.4 Å². The molecule has 1 aromatic rings. The molecule has 194 valence electrons. The fraction of sp³-hybridized carbons (Fsp3) is 0.583.